The van der Waals surface area contributed by atoms with E-state index in [4.69, 9.17) is 4.74 Å². The Labute approximate surface area is 125 Å². The minimum Gasteiger partial charge on any atom is -0.490 e. The molecule has 1 aliphatic carbocycles. The molecule has 2 aliphatic rings. The number of amides is 1. The molecule has 0 bridgehead atoms. The van der Waals surface area contributed by atoms with Crippen LogP contribution in [0.3, 0.4) is 0 Å². The van der Waals surface area contributed by atoms with Gasteiger partial charge < -0.3 is 9.64 Å². The van der Waals surface area contributed by atoms with Crippen LogP contribution in [0.15, 0.2) is 24.3 Å². The van der Waals surface area contributed by atoms with Gasteiger partial charge in [-0.05, 0) is 43.4 Å². The molecule has 1 saturated heterocycles. The van der Waals surface area contributed by atoms with Crippen molar-refractivity contribution in [2.45, 2.75) is 50.0 Å². The second-order valence-corrected chi connectivity index (χ2v) is 6.53. The highest BCUT2D eigenvalue weighted by atomic mass is 32.1. The third kappa shape index (κ3) is 3.29. The molecule has 1 aliphatic heterocycles. The van der Waals surface area contributed by atoms with Crippen LogP contribution in [0.5, 0.6) is 5.75 Å². The van der Waals surface area contributed by atoms with Crippen molar-refractivity contribution >= 4 is 18.5 Å². The first kappa shape index (κ1) is 13.8. The summed E-state index contributed by atoms with van der Waals surface area (Å²) >= 11 is 4.39. The third-order valence-corrected chi connectivity index (χ3v) is 4.42. The molecule has 0 radical (unpaired) electrons. The van der Waals surface area contributed by atoms with Gasteiger partial charge in [0, 0.05) is 24.8 Å². The van der Waals surface area contributed by atoms with Crippen LogP contribution in [-0.4, -0.2) is 28.7 Å². The van der Waals surface area contributed by atoms with Gasteiger partial charge in [0.05, 0.1) is 6.10 Å². The van der Waals surface area contributed by atoms with E-state index in [1.165, 1.54) is 12.8 Å². The van der Waals surface area contributed by atoms with E-state index >= 15 is 0 Å². The zero-order chi connectivity index (χ0) is 13.9. The van der Waals surface area contributed by atoms with Crippen LogP contribution in [0.25, 0.3) is 0 Å². The molecule has 0 aromatic heterocycles. The molecule has 3 nitrogen and oxygen atoms in total. The molecule has 1 atom stereocenters. The van der Waals surface area contributed by atoms with Gasteiger partial charge in [0.25, 0.3) is 0 Å². The van der Waals surface area contributed by atoms with Crippen molar-refractivity contribution in [3.63, 3.8) is 0 Å². The lowest BCUT2D eigenvalue weighted by Gasteiger charge is -2.18. The molecule has 1 saturated carbocycles. The fraction of sp³-hybridized carbons (Fsp3) is 0.562. The minimum atomic E-state index is 0.181. The molecular formula is C16H21NO2S. The van der Waals surface area contributed by atoms with Crippen molar-refractivity contribution in [2.75, 3.05) is 6.54 Å². The number of thiol groups is 1. The van der Waals surface area contributed by atoms with Gasteiger partial charge >= 0.3 is 0 Å². The molecular weight excluding hydrogens is 270 g/mol. The van der Waals surface area contributed by atoms with Crippen LogP contribution in [0.1, 0.15) is 37.7 Å². The maximum atomic E-state index is 11.8. The Morgan fingerprint density at radius 2 is 2.10 bits per heavy atom. The van der Waals surface area contributed by atoms with E-state index in [0.717, 1.165) is 30.7 Å². The van der Waals surface area contributed by atoms with Crippen molar-refractivity contribution in [1.29, 1.82) is 0 Å². The van der Waals surface area contributed by atoms with Crippen LogP contribution in [0.4, 0.5) is 0 Å². The summed E-state index contributed by atoms with van der Waals surface area (Å²) in [5.41, 5.74) is 1.14. The summed E-state index contributed by atoms with van der Waals surface area (Å²) in [4.78, 5) is 13.7. The minimum absolute atomic E-state index is 0.181. The highest BCUT2D eigenvalue weighted by Crippen LogP contribution is 2.25. The number of rotatable bonds is 4. The Bertz CT molecular complexity index is 485. The lowest BCUT2D eigenvalue weighted by molar-refractivity contribution is -0.128. The normalized spacial score (nSPS) is 23.6. The lowest BCUT2D eigenvalue weighted by Crippen LogP contribution is -2.24. The van der Waals surface area contributed by atoms with E-state index in [9.17, 15) is 4.79 Å². The van der Waals surface area contributed by atoms with E-state index in [1.807, 2.05) is 17.0 Å². The molecule has 1 aromatic carbocycles. The fourth-order valence-corrected chi connectivity index (χ4v) is 3.39. The average molecular weight is 291 g/mol. The van der Waals surface area contributed by atoms with Gasteiger partial charge in [-0.15, -0.1) is 0 Å². The number of carbonyl (C=O) groups excluding carboxylic acids is 1. The van der Waals surface area contributed by atoms with E-state index in [1.54, 1.807) is 0 Å². The summed E-state index contributed by atoms with van der Waals surface area (Å²) in [5, 5.41) is 0.181. The van der Waals surface area contributed by atoms with Gasteiger partial charge in [0.2, 0.25) is 5.91 Å². The summed E-state index contributed by atoms with van der Waals surface area (Å²) < 4.78 is 6.01. The Balaban J connectivity index is 1.63. The number of nitrogens with zero attached hydrogens (tertiary/aromatic N) is 1. The smallest absolute Gasteiger partial charge is 0.224 e. The van der Waals surface area contributed by atoms with Crippen molar-refractivity contribution in [3.05, 3.63) is 29.8 Å². The molecule has 0 N–H and O–H groups in total. The topological polar surface area (TPSA) is 29.5 Å². The predicted molar refractivity (Wildman–Crippen MR) is 82.1 cm³/mol. The molecule has 1 amide bonds. The van der Waals surface area contributed by atoms with Gasteiger partial charge in [0.15, 0.2) is 0 Å². The van der Waals surface area contributed by atoms with Crippen LogP contribution in [-0.2, 0) is 11.3 Å². The zero-order valence-corrected chi connectivity index (χ0v) is 12.5. The Morgan fingerprint density at radius 1 is 1.30 bits per heavy atom. The number of hydrogen-bond donors (Lipinski definition) is 1. The Hall–Kier alpha value is -1.16. The van der Waals surface area contributed by atoms with Crippen LogP contribution in [0.2, 0.25) is 0 Å². The van der Waals surface area contributed by atoms with Crippen LogP contribution in [0, 0.1) is 0 Å². The molecule has 108 valence electrons. The maximum Gasteiger partial charge on any atom is 0.224 e. The fourth-order valence-electron chi connectivity index (χ4n) is 3.04. The van der Waals surface area contributed by atoms with E-state index in [0.29, 0.717) is 19.1 Å². The van der Waals surface area contributed by atoms with E-state index in [2.05, 4.69) is 24.8 Å². The summed E-state index contributed by atoms with van der Waals surface area (Å²) in [5.74, 6) is 1.13. The number of carbonyl (C=O) groups is 1. The van der Waals surface area contributed by atoms with E-state index in [-0.39, 0.29) is 11.2 Å². The Kier molecular flexibility index (Phi) is 4.20. The van der Waals surface area contributed by atoms with Gasteiger partial charge in [-0.2, -0.15) is 12.6 Å². The summed E-state index contributed by atoms with van der Waals surface area (Å²) in [7, 11) is 0. The number of ether oxygens (including phenoxy) is 1. The molecule has 0 spiro atoms. The first-order valence-electron chi connectivity index (χ1n) is 7.42. The van der Waals surface area contributed by atoms with Crippen molar-refractivity contribution in [2.24, 2.45) is 0 Å². The molecule has 1 aromatic rings. The first-order chi connectivity index (χ1) is 9.70. The molecule has 1 heterocycles. The largest absolute Gasteiger partial charge is 0.490 e. The second-order valence-electron chi connectivity index (χ2n) is 5.80. The lowest BCUT2D eigenvalue weighted by atomic mass is 10.2. The number of hydrogen-bond acceptors (Lipinski definition) is 3. The molecule has 3 rings (SSSR count). The third-order valence-electron chi connectivity index (χ3n) is 4.07. The van der Waals surface area contributed by atoms with Gasteiger partial charge in [-0.1, -0.05) is 12.1 Å². The standard InChI is InChI=1S/C16H21NO2S/c18-16-9-15(20)11-17(16)10-12-4-3-7-14(8-12)19-13-5-1-2-6-13/h3-4,7-8,13,15,20H,1-2,5-6,9-11H2. The van der Waals surface area contributed by atoms with Gasteiger partial charge in [-0.25, -0.2) is 0 Å². The predicted octanol–water partition coefficient (Wildman–Crippen LogP) is 3.04. The first-order valence-corrected chi connectivity index (χ1v) is 7.94. The molecule has 1 unspecified atom stereocenters. The molecule has 2 fully saturated rings. The number of benzene rings is 1. The Morgan fingerprint density at radius 3 is 2.80 bits per heavy atom. The number of likely N-dealkylation sites (tertiary alicyclic amines) is 1. The monoisotopic (exact) mass is 291 g/mol. The zero-order valence-electron chi connectivity index (χ0n) is 11.6. The van der Waals surface area contributed by atoms with Crippen LogP contribution >= 0.6 is 12.6 Å². The van der Waals surface area contributed by atoms with Gasteiger partial charge in [-0.3, -0.25) is 4.79 Å². The highest BCUT2D eigenvalue weighted by Gasteiger charge is 2.27. The van der Waals surface area contributed by atoms with Crippen molar-refractivity contribution in [1.82, 2.24) is 4.90 Å². The van der Waals surface area contributed by atoms with Crippen LogP contribution < -0.4 is 4.74 Å². The quantitative estimate of drug-likeness (QED) is 0.864. The SMILES string of the molecule is O=C1CC(S)CN1Cc1cccc(OC2CCCC2)c1. The summed E-state index contributed by atoms with van der Waals surface area (Å²) in [6.07, 6.45) is 5.81. The highest BCUT2D eigenvalue weighted by molar-refractivity contribution is 7.81. The van der Waals surface area contributed by atoms with Crippen molar-refractivity contribution < 1.29 is 9.53 Å². The summed E-state index contributed by atoms with van der Waals surface area (Å²) in [6.45, 7) is 1.41. The maximum absolute atomic E-state index is 11.8. The van der Waals surface area contributed by atoms with Gasteiger partial charge in [0.1, 0.15) is 5.75 Å². The van der Waals surface area contributed by atoms with Crippen molar-refractivity contribution in [3.8, 4) is 5.75 Å². The average Bonchev–Trinajstić information content (AvgIpc) is 3.01. The summed E-state index contributed by atoms with van der Waals surface area (Å²) in [6, 6.07) is 8.14. The van der Waals surface area contributed by atoms with E-state index < -0.39 is 0 Å². The molecule has 4 heteroatoms. The molecule has 20 heavy (non-hydrogen) atoms. The second kappa shape index (κ2) is 6.08.